The summed E-state index contributed by atoms with van der Waals surface area (Å²) in [7, 11) is 1.82. The normalized spacial score (nSPS) is 22.4. The standard InChI is InChI=1S/C11H21N3O2/c1-4-5-8(2)14(3)11(16)9-6-13-10(15)7-12-9/h8-9,12H,4-7H2,1-3H3,(H,13,15). The molecule has 2 unspecified atom stereocenters. The molecule has 0 saturated carbocycles. The number of hydrogen-bond acceptors (Lipinski definition) is 3. The van der Waals surface area contributed by atoms with E-state index in [1.807, 2.05) is 14.0 Å². The molecule has 5 heteroatoms. The lowest BCUT2D eigenvalue weighted by molar-refractivity contribution is -0.135. The highest BCUT2D eigenvalue weighted by atomic mass is 16.2. The number of hydrogen-bond donors (Lipinski definition) is 2. The summed E-state index contributed by atoms with van der Waals surface area (Å²) in [5.74, 6) is 0.00857. The van der Waals surface area contributed by atoms with Crippen molar-refractivity contribution in [2.45, 2.75) is 38.8 Å². The fraction of sp³-hybridized carbons (Fsp3) is 0.818. The summed E-state index contributed by atoms with van der Waals surface area (Å²) in [6.45, 7) is 4.77. The Hall–Kier alpha value is -1.10. The Balaban J connectivity index is 2.47. The van der Waals surface area contributed by atoms with Crippen LogP contribution in [0.15, 0.2) is 0 Å². The maximum atomic E-state index is 12.0. The fourth-order valence-electron chi connectivity index (χ4n) is 1.82. The van der Waals surface area contributed by atoms with Crippen molar-refractivity contribution in [2.75, 3.05) is 20.1 Å². The third-order valence-corrected chi connectivity index (χ3v) is 3.03. The van der Waals surface area contributed by atoms with Gasteiger partial charge in [-0.3, -0.25) is 14.9 Å². The lowest BCUT2D eigenvalue weighted by atomic mass is 10.1. The highest BCUT2D eigenvalue weighted by Crippen LogP contribution is 2.06. The number of nitrogens with one attached hydrogen (secondary N) is 2. The van der Waals surface area contributed by atoms with Crippen molar-refractivity contribution in [2.24, 2.45) is 0 Å². The van der Waals surface area contributed by atoms with E-state index in [0.717, 1.165) is 12.8 Å². The van der Waals surface area contributed by atoms with Gasteiger partial charge in [0.25, 0.3) is 0 Å². The molecule has 2 atom stereocenters. The number of carbonyl (C=O) groups is 2. The molecule has 1 aliphatic rings. The zero-order valence-corrected chi connectivity index (χ0v) is 10.2. The molecule has 1 aliphatic heterocycles. The molecule has 1 heterocycles. The van der Waals surface area contributed by atoms with Gasteiger partial charge < -0.3 is 10.2 Å². The van der Waals surface area contributed by atoms with Gasteiger partial charge in [-0.25, -0.2) is 0 Å². The van der Waals surface area contributed by atoms with Gasteiger partial charge in [-0.15, -0.1) is 0 Å². The van der Waals surface area contributed by atoms with E-state index in [4.69, 9.17) is 0 Å². The Kier molecular flexibility index (Phi) is 4.73. The smallest absolute Gasteiger partial charge is 0.241 e. The van der Waals surface area contributed by atoms with Gasteiger partial charge >= 0.3 is 0 Å². The van der Waals surface area contributed by atoms with Gasteiger partial charge in [0.15, 0.2) is 0 Å². The average Bonchev–Trinajstić information content (AvgIpc) is 2.28. The molecular formula is C11H21N3O2. The SMILES string of the molecule is CCCC(C)N(C)C(=O)C1CNC(=O)CN1. The molecule has 1 saturated heterocycles. The quantitative estimate of drug-likeness (QED) is 0.694. The van der Waals surface area contributed by atoms with E-state index in [1.54, 1.807) is 4.90 Å². The van der Waals surface area contributed by atoms with Gasteiger partial charge in [-0.05, 0) is 13.3 Å². The van der Waals surface area contributed by atoms with Crippen LogP contribution in [-0.2, 0) is 9.59 Å². The number of nitrogens with zero attached hydrogens (tertiary/aromatic N) is 1. The van der Waals surface area contributed by atoms with Crippen LogP contribution in [0.3, 0.4) is 0 Å². The van der Waals surface area contributed by atoms with Crippen molar-refractivity contribution < 1.29 is 9.59 Å². The number of carbonyl (C=O) groups excluding carboxylic acids is 2. The highest BCUT2D eigenvalue weighted by Gasteiger charge is 2.27. The van der Waals surface area contributed by atoms with Crippen LogP contribution >= 0.6 is 0 Å². The van der Waals surface area contributed by atoms with Crippen LogP contribution in [0.4, 0.5) is 0 Å². The first-order valence-electron chi connectivity index (χ1n) is 5.83. The average molecular weight is 227 g/mol. The maximum absolute atomic E-state index is 12.0. The highest BCUT2D eigenvalue weighted by molar-refractivity contribution is 5.86. The van der Waals surface area contributed by atoms with Gasteiger partial charge in [-0.1, -0.05) is 13.3 Å². The molecule has 0 aromatic heterocycles. The lowest BCUT2D eigenvalue weighted by Gasteiger charge is -2.31. The van der Waals surface area contributed by atoms with E-state index in [-0.39, 0.29) is 30.4 Å². The Morgan fingerprint density at radius 2 is 2.31 bits per heavy atom. The first-order valence-corrected chi connectivity index (χ1v) is 5.83. The molecule has 0 aromatic carbocycles. The minimum Gasteiger partial charge on any atom is -0.353 e. The van der Waals surface area contributed by atoms with Crippen molar-refractivity contribution in [1.82, 2.24) is 15.5 Å². The van der Waals surface area contributed by atoms with Crippen molar-refractivity contribution >= 4 is 11.8 Å². The van der Waals surface area contributed by atoms with Crippen LogP contribution in [0.5, 0.6) is 0 Å². The van der Waals surface area contributed by atoms with E-state index < -0.39 is 0 Å². The largest absolute Gasteiger partial charge is 0.353 e. The van der Waals surface area contributed by atoms with Crippen LogP contribution in [0.25, 0.3) is 0 Å². The van der Waals surface area contributed by atoms with Crippen LogP contribution in [-0.4, -0.2) is 48.9 Å². The fourth-order valence-corrected chi connectivity index (χ4v) is 1.82. The predicted octanol–water partition coefficient (Wildman–Crippen LogP) is -0.279. The second-order valence-corrected chi connectivity index (χ2v) is 4.32. The molecule has 16 heavy (non-hydrogen) atoms. The van der Waals surface area contributed by atoms with E-state index >= 15 is 0 Å². The summed E-state index contributed by atoms with van der Waals surface area (Å²) in [5, 5.41) is 5.63. The zero-order chi connectivity index (χ0) is 12.1. The number of likely N-dealkylation sites (N-methyl/N-ethyl adjacent to an activating group) is 1. The molecular weight excluding hydrogens is 206 g/mol. The molecule has 2 amide bonds. The van der Waals surface area contributed by atoms with Crippen molar-refractivity contribution in [3.8, 4) is 0 Å². The van der Waals surface area contributed by atoms with Crippen molar-refractivity contribution in [3.05, 3.63) is 0 Å². The van der Waals surface area contributed by atoms with E-state index in [2.05, 4.69) is 17.6 Å². The molecule has 0 bridgehead atoms. The summed E-state index contributed by atoms with van der Waals surface area (Å²) >= 11 is 0. The van der Waals surface area contributed by atoms with Crippen molar-refractivity contribution in [3.63, 3.8) is 0 Å². The predicted molar refractivity (Wildman–Crippen MR) is 61.9 cm³/mol. The molecule has 0 aliphatic carbocycles. The Morgan fingerprint density at radius 3 is 2.81 bits per heavy atom. The molecule has 92 valence electrons. The first kappa shape index (κ1) is 13.0. The Bertz CT molecular complexity index is 258. The molecule has 2 N–H and O–H groups in total. The van der Waals surface area contributed by atoms with Crippen molar-refractivity contribution in [1.29, 1.82) is 0 Å². The van der Waals surface area contributed by atoms with Gasteiger partial charge in [0.2, 0.25) is 11.8 Å². The second-order valence-electron chi connectivity index (χ2n) is 4.32. The topological polar surface area (TPSA) is 61.4 Å². The van der Waals surface area contributed by atoms with E-state index in [0.29, 0.717) is 6.54 Å². The van der Waals surface area contributed by atoms with E-state index in [9.17, 15) is 9.59 Å². The molecule has 0 radical (unpaired) electrons. The number of amides is 2. The van der Waals surface area contributed by atoms with Crippen LogP contribution < -0.4 is 10.6 Å². The van der Waals surface area contributed by atoms with Crippen LogP contribution in [0.1, 0.15) is 26.7 Å². The van der Waals surface area contributed by atoms with Gasteiger partial charge in [0, 0.05) is 19.6 Å². The Morgan fingerprint density at radius 1 is 1.62 bits per heavy atom. The number of rotatable bonds is 4. The molecule has 0 aromatic rings. The summed E-state index contributed by atoms with van der Waals surface area (Å²) in [6, 6.07) is -0.0288. The van der Waals surface area contributed by atoms with Gasteiger partial charge in [0.05, 0.1) is 6.54 Å². The molecule has 1 rings (SSSR count). The minimum atomic E-state index is -0.276. The lowest BCUT2D eigenvalue weighted by Crippen LogP contribution is -2.59. The van der Waals surface area contributed by atoms with E-state index in [1.165, 1.54) is 0 Å². The summed E-state index contributed by atoms with van der Waals surface area (Å²) in [6.07, 6.45) is 2.06. The first-order chi connectivity index (χ1) is 7.56. The molecule has 1 fully saturated rings. The van der Waals surface area contributed by atoms with Crippen LogP contribution in [0, 0.1) is 0 Å². The maximum Gasteiger partial charge on any atom is 0.241 e. The minimum absolute atomic E-state index is 0.0479. The van der Waals surface area contributed by atoms with Gasteiger partial charge in [-0.2, -0.15) is 0 Å². The second kappa shape index (κ2) is 5.84. The number of piperazine rings is 1. The Labute approximate surface area is 96.6 Å². The molecule has 5 nitrogen and oxygen atoms in total. The summed E-state index contributed by atoms with van der Waals surface area (Å²) in [4.78, 5) is 24.7. The zero-order valence-electron chi connectivity index (χ0n) is 10.2. The third kappa shape index (κ3) is 3.20. The van der Waals surface area contributed by atoms with Gasteiger partial charge in [0.1, 0.15) is 6.04 Å². The van der Waals surface area contributed by atoms with Crippen LogP contribution in [0.2, 0.25) is 0 Å². The monoisotopic (exact) mass is 227 g/mol. The third-order valence-electron chi connectivity index (χ3n) is 3.03. The molecule has 0 spiro atoms. The summed E-state index contributed by atoms with van der Waals surface area (Å²) < 4.78 is 0. The summed E-state index contributed by atoms with van der Waals surface area (Å²) in [5.41, 5.74) is 0.